The van der Waals surface area contributed by atoms with Gasteiger partial charge in [-0.15, -0.1) is 0 Å². The number of carbonyl (C=O) groups excluding carboxylic acids is 2. The van der Waals surface area contributed by atoms with E-state index in [0.717, 1.165) is 5.56 Å². The van der Waals surface area contributed by atoms with Gasteiger partial charge in [0.2, 0.25) is 11.3 Å². The maximum Gasteiger partial charge on any atom is 0.291 e. The number of furan rings is 1. The summed E-state index contributed by atoms with van der Waals surface area (Å²) in [5.41, 5.74) is 2.10. The standard InChI is InChI=1S/C23H20N4O4/c28-20-15-25-27(19-5-2-1-4-18(19)20)12-11-22(29)24-14-16-7-9-17(10-8-16)26-23(30)21-6-3-13-31-21/h1-10,13,15H,11-12,14H2,(H,24,29)(H,26,30). The van der Waals surface area contributed by atoms with E-state index in [1.165, 1.54) is 12.5 Å². The van der Waals surface area contributed by atoms with Gasteiger partial charge in [-0.05, 0) is 42.0 Å². The van der Waals surface area contributed by atoms with Crippen molar-refractivity contribution in [1.82, 2.24) is 15.1 Å². The van der Waals surface area contributed by atoms with Crippen LogP contribution in [0.5, 0.6) is 0 Å². The quantitative estimate of drug-likeness (QED) is 0.482. The van der Waals surface area contributed by atoms with Gasteiger partial charge < -0.3 is 15.1 Å². The molecule has 0 aliphatic heterocycles. The molecule has 0 saturated heterocycles. The molecule has 0 saturated carbocycles. The zero-order chi connectivity index (χ0) is 21.6. The number of hydrogen-bond acceptors (Lipinski definition) is 5. The van der Waals surface area contributed by atoms with Crippen molar-refractivity contribution in [2.45, 2.75) is 19.5 Å². The maximum atomic E-state index is 12.3. The normalized spacial score (nSPS) is 10.7. The van der Waals surface area contributed by atoms with Gasteiger partial charge in [-0.3, -0.25) is 19.1 Å². The van der Waals surface area contributed by atoms with E-state index in [2.05, 4.69) is 15.7 Å². The summed E-state index contributed by atoms with van der Waals surface area (Å²) in [4.78, 5) is 36.1. The van der Waals surface area contributed by atoms with E-state index < -0.39 is 0 Å². The Morgan fingerprint density at radius 3 is 2.58 bits per heavy atom. The highest BCUT2D eigenvalue weighted by atomic mass is 16.3. The first-order valence-electron chi connectivity index (χ1n) is 9.75. The van der Waals surface area contributed by atoms with Gasteiger partial charge in [-0.25, -0.2) is 0 Å². The Bertz CT molecular complexity index is 1260. The molecule has 2 heterocycles. The molecule has 31 heavy (non-hydrogen) atoms. The lowest BCUT2D eigenvalue weighted by atomic mass is 10.2. The lowest BCUT2D eigenvalue weighted by Crippen LogP contribution is -2.24. The van der Waals surface area contributed by atoms with Crippen LogP contribution >= 0.6 is 0 Å². The average molecular weight is 416 g/mol. The number of nitrogens with one attached hydrogen (secondary N) is 2. The first kappa shape index (κ1) is 20.1. The molecule has 0 bridgehead atoms. The van der Waals surface area contributed by atoms with E-state index in [-0.39, 0.29) is 29.4 Å². The number of fused-ring (bicyclic) bond motifs is 1. The van der Waals surface area contributed by atoms with Crippen molar-refractivity contribution in [1.29, 1.82) is 0 Å². The molecule has 2 aromatic heterocycles. The Kier molecular flexibility index (Phi) is 5.89. The largest absolute Gasteiger partial charge is 0.459 e. The van der Waals surface area contributed by atoms with Crippen molar-refractivity contribution in [3.8, 4) is 0 Å². The van der Waals surface area contributed by atoms with E-state index in [1.54, 1.807) is 41.1 Å². The molecule has 2 aromatic carbocycles. The average Bonchev–Trinajstić information content (AvgIpc) is 3.34. The Morgan fingerprint density at radius 2 is 1.81 bits per heavy atom. The smallest absolute Gasteiger partial charge is 0.291 e. The van der Waals surface area contributed by atoms with Crippen LogP contribution in [0.4, 0.5) is 5.69 Å². The van der Waals surface area contributed by atoms with Gasteiger partial charge in [0.25, 0.3) is 5.91 Å². The van der Waals surface area contributed by atoms with Crippen molar-refractivity contribution in [2.75, 3.05) is 5.32 Å². The first-order chi connectivity index (χ1) is 15.1. The van der Waals surface area contributed by atoms with Crippen LogP contribution in [0.2, 0.25) is 0 Å². The molecule has 2 amide bonds. The summed E-state index contributed by atoms with van der Waals surface area (Å²) in [6, 6.07) is 17.6. The van der Waals surface area contributed by atoms with Gasteiger partial charge >= 0.3 is 0 Å². The van der Waals surface area contributed by atoms with Crippen LogP contribution < -0.4 is 16.1 Å². The number of anilines is 1. The summed E-state index contributed by atoms with van der Waals surface area (Å²) in [6.45, 7) is 0.730. The molecule has 0 spiro atoms. The monoisotopic (exact) mass is 416 g/mol. The predicted molar refractivity (Wildman–Crippen MR) is 116 cm³/mol. The summed E-state index contributed by atoms with van der Waals surface area (Å²) in [6.07, 6.45) is 2.94. The highest BCUT2D eigenvalue weighted by Crippen LogP contribution is 2.12. The SMILES string of the molecule is O=C(CCn1ncc(=O)c2ccccc21)NCc1ccc(NC(=O)c2ccco2)cc1. The third-order valence-electron chi connectivity index (χ3n) is 4.76. The third kappa shape index (κ3) is 4.87. The summed E-state index contributed by atoms with van der Waals surface area (Å²) in [7, 11) is 0. The van der Waals surface area contributed by atoms with E-state index in [1.807, 2.05) is 24.3 Å². The van der Waals surface area contributed by atoms with Gasteiger partial charge in [0.15, 0.2) is 5.76 Å². The highest BCUT2D eigenvalue weighted by molar-refractivity contribution is 6.02. The number of nitrogens with zero attached hydrogens (tertiary/aromatic N) is 2. The molecule has 8 nitrogen and oxygen atoms in total. The lowest BCUT2D eigenvalue weighted by molar-refractivity contribution is -0.121. The highest BCUT2D eigenvalue weighted by Gasteiger charge is 2.09. The second-order valence-electron chi connectivity index (χ2n) is 6.90. The minimum absolute atomic E-state index is 0.125. The van der Waals surface area contributed by atoms with Crippen LogP contribution in [0, 0.1) is 0 Å². The zero-order valence-electron chi connectivity index (χ0n) is 16.6. The fourth-order valence-electron chi connectivity index (χ4n) is 3.14. The van der Waals surface area contributed by atoms with Crippen LogP contribution in [0.15, 0.2) is 82.3 Å². The van der Waals surface area contributed by atoms with Crippen LogP contribution in [-0.2, 0) is 17.9 Å². The van der Waals surface area contributed by atoms with E-state index in [4.69, 9.17) is 4.42 Å². The Labute approximate surface area is 177 Å². The van der Waals surface area contributed by atoms with Gasteiger partial charge in [0.1, 0.15) is 0 Å². The fraction of sp³-hybridized carbons (Fsp3) is 0.130. The van der Waals surface area contributed by atoms with Gasteiger partial charge in [0, 0.05) is 24.0 Å². The Hall–Kier alpha value is -4.20. The molecule has 0 fully saturated rings. The van der Waals surface area contributed by atoms with Crippen LogP contribution in [0.25, 0.3) is 10.9 Å². The number of aromatic nitrogens is 2. The molecule has 0 unspecified atom stereocenters. The van der Waals surface area contributed by atoms with Crippen molar-refractivity contribution in [3.05, 3.63) is 94.7 Å². The lowest BCUT2D eigenvalue weighted by Gasteiger charge is -2.10. The van der Waals surface area contributed by atoms with E-state index in [9.17, 15) is 14.4 Å². The fourth-order valence-corrected chi connectivity index (χ4v) is 3.14. The van der Waals surface area contributed by atoms with E-state index in [0.29, 0.717) is 29.7 Å². The number of carbonyl (C=O) groups is 2. The van der Waals surface area contributed by atoms with Crippen molar-refractivity contribution in [2.24, 2.45) is 0 Å². The van der Waals surface area contributed by atoms with Gasteiger partial charge in [0.05, 0.1) is 24.5 Å². The third-order valence-corrected chi connectivity index (χ3v) is 4.76. The molecule has 4 aromatic rings. The van der Waals surface area contributed by atoms with Crippen LogP contribution in [0.1, 0.15) is 22.5 Å². The summed E-state index contributed by atoms with van der Waals surface area (Å²) in [5, 5.41) is 10.3. The molecular weight excluding hydrogens is 396 g/mol. The Morgan fingerprint density at radius 1 is 1.00 bits per heavy atom. The van der Waals surface area contributed by atoms with Crippen molar-refractivity contribution >= 4 is 28.4 Å². The topological polar surface area (TPSA) is 106 Å². The predicted octanol–water partition coefficient (Wildman–Crippen LogP) is 2.95. The van der Waals surface area contributed by atoms with Crippen LogP contribution in [0.3, 0.4) is 0 Å². The minimum Gasteiger partial charge on any atom is -0.459 e. The number of amides is 2. The second kappa shape index (κ2) is 9.08. The molecule has 8 heteroatoms. The number of hydrogen-bond donors (Lipinski definition) is 2. The summed E-state index contributed by atoms with van der Waals surface area (Å²) < 4.78 is 6.72. The van der Waals surface area contributed by atoms with Crippen LogP contribution in [-0.4, -0.2) is 21.6 Å². The molecule has 2 N–H and O–H groups in total. The molecule has 0 radical (unpaired) electrons. The zero-order valence-corrected chi connectivity index (χ0v) is 16.6. The first-order valence-corrected chi connectivity index (χ1v) is 9.75. The van der Waals surface area contributed by atoms with E-state index >= 15 is 0 Å². The molecule has 0 atom stereocenters. The Balaban J connectivity index is 1.29. The summed E-state index contributed by atoms with van der Waals surface area (Å²) >= 11 is 0. The number of benzene rings is 2. The van der Waals surface area contributed by atoms with Crippen molar-refractivity contribution in [3.63, 3.8) is 0 Å². The minimum atomic E-state index is -0.324. The second-order valence-corrected chi connectivity index (χ2v) is 6.90. The summed E-state index contributed by atoms with van der Waals surface area (Å²) in [5.74, 6) is -0.212. The molecule has 0 aliphatic carbocycles. The maximum absolute atomic E-state index is 12.3. The molecule has 156 valence electrons. The van der Waals surface area contributed by atoms with Crippen molar-refractivity contribution < 1.29 is 14.0 Å². The molecule has 4 rings (SSSR count). The van der Waals surface area contributed by atoms with Gasteiger partial charge in [-0.1, -0.05) is 24.3 Å². The number of aryl methyl sites for hydroxylation is 1. The number of rotatable bonds is 7. The number of para-hydroxylation sites is 1. The molecular formula is C23H20N4O4. The van der Waals surface area contributed by atoms with Gasteiger partial charge in [-0.2, -0.15) is 5.10 Å². The molecule has 0 aliphatic rings.